The van der Waals surface area contributed by atoms with Crippen LogP contribution in [0.2, 0.25) is 0 Å². The van der Waals surface area contributed by atoms with Gasteiger partial charge in [0.2, 0.25) is 0 Å². The molecule has 2 aromatic heterocycles. The van der Waals surface area contributed by atoms with Crippen LogP contribution >= 0.6 is 11.8 Å². The predicted octanol–water partition coefficient (Wildman–Crippen LogP) is 4.59. The first-order valence-electron chi connectivity index (χ1n) is 4.60. The summed E-state index contributed by atoms with van der Waals surface area (Å²) in [5.74, 6) is 0. The van der Waals surface area contributed by atoms with Crippen LogP contribution < -0.4 is 0 Å². The number of rotatable bonds is 1. The number of aromatic amines is 1. The highest BCUT2D eigenvalue weighted by Crippen LogP contribution is 1.85. The molecule has 0 saturated heterocycles. The third-order valence-electron chi connectivity index (χ3n) is 1.09. The van der Waals surface area contributed by atoms with E-state index in [0.717, 1.165) is 0 Å². The number of nitrogens with one attached hydrogen (secondary N) is 1. The number of furan rings is 1. The molecule has 88 valence electrons. The van der Waals surface area contributed by atoms with E-state index in [4.69, 9.17) is 0 Å². The molecule has 0 saturated carbocycles. The summed E-state index contributed by atoms with van der Waals surface area (Å²) in [6.45, 7) is 9.44. The molecule has 3 heteroatoms. The lowest BCUT2D eigenvalue weighted by Crippen LogP contribution is -1.38. The topological polar surface area (TPSA) is 28.9 Å². The highest BCUT2D eigenvalue weighted by molar-refractivity contribution is 8.01. The monoisotopic (exact) mass is 237 g/mol. The fourth-order valence-corrected chi connectivity index (χ4v) is 0.505. The van der Waals surface area contributed by atoms with E-state index in [0.29, 0.717) is 0 Å². The van der Waals surface area contributed by atoms with Crippen molar-refractivity contribution in [3.8, 4) is 0 Å². The second-order valence-electron chi connectivity index (χ2n) is 2.08. The number of thioether (sulfide) groups is 1. The Morgan fingerprint density at radius 3 is 1.62 bits per heavy atom. The van der Waals surface area contributed by atoms with Crippen LogP contribution in [0.5, 0.6) is 0 Å². The molecule has 0 amide bonds. The maximum Gasteiger partial charge on any atom is 0.0902 e. The number of hydrogen-bond donors (Lipinski definition) is 1. The quantitative estimate of drug-likeness (QED) is 0.735. The standard InChI is InChI=1S/C4H5N.C4H4O.C3H6S.C2H4/c2*1-2-4-5-3-1;1-3-4-2;1-2/h1-5H;1-4H;3H,1H2,2H3;1-2H2. The van der Waals surface area contributed by atoms with Crippen LogP contribution in [-0.2, 0) is 0 Å². The van der Waals surface area contributed by atoms with Gasteiger partial charge < -0.3 is 9.40 Å². The Morgan fingerprint density at radius 2 is 1.50 bits per heavy atom. The lowest BCUT2D eigenvalue weighted by molar-refractivity contribution is 0.567. The Labute approximate surface area is 102 Å². The van der Waals surface area contributed by atoms with Gasteiger partial charge in [0.05, 0.1) is 12.5 Å². The lowest BCUT2D eigenvalue weighted by Gasteiger charge is -1.59. The third kappa shape index (κ3) is 18.2. The van der Waals surface area contributed by atoms with Crippen molar-refractivity contribution in [2.45, 2.75) is 0 Å². The minimum atomic E-state index is 1.62. The molecule has 0 radical (unpaired) electrons. The summed E-state index contributed by atoms with van der Waals surface area (Å²) >= 11 is 1.62. The van der Waals surface area contributed by atoms with Crippen LogP contribution in [0.4, 0.5) is 0 Å². The molecule has 2 nitrogen and oxygen atoms in total. The predicted molar refractivity (Wildman–Crippen MR) is 74.5 cm³/mol. The third-order valence-corrected chi connectivity index (χ3v) is 1.42. The van der Waals surface area contributed by atoms with Crippen molar-refractivity contribution in [2.24, 2.45) is 0 Å². The lowest BCUT2D eigenvalue weighted by atomic mass is 10.7. The van der Waals surface area contributed by atoms with Gasteiger partial charge in [0.1, 0.15) is 0 Å². The van der Waals surface area contributed by atoms with Crippen molar-refractivity contribution in [3.05, 3.63) is 74.3 Å². The Kier molecular flexibility index (Phi) is 20.0. The molecule has 0 bridgehead atoms. The molecule has 0 aliphatic carbocycles. The Balaban J connectivity index is 0. The molecule has 0 aromatic carbocycles. The van der Waals surface area contributed by atoms with Gasteiger partial charge in [-0.05, 0) is 35.9 Å². The molecular formula is C13H19NOS. The first kappa shape index (κ1) is 16.8. The molecule has 0 spiro atoms. The van der Waals surface area contributed by atoms with Crippen molar-refractivity contribution in [2.75, 3.05) is 6.26 Å². The van der Waals surface area contributed by atoms with Crippen LogP contribution in [-0.4, -0.2) is 11.2 Å². The number of aromatic nitrogens is 1. The SMILES string of the molecule is C=C.C=CSC.c1cc[nH]c1.c1ccoc1. The summed E-state index contributed by atoms with van der Waals surface area (Å²) in [6.07, 6.45) is 8.98. The van der Waals surface area contributed by atoms with E-state index >= 15 is 0 Å². The van der Waals surface area contributed by atoms with Gasteiger partial charge >= 0.3 is 0 Å². The normalized spacial score (nSPS) is 6.81. The zero-order chi connectivity index (χ0) is 12.5. The summed E-state index contributed by atoms with van der Waals surface area (Å²) in [4.78, 5) is 2.86. The van der Waals surface area contributed by atoms with Gasteiger partial charge in [-0.15, -0.1) is 24.9 Å². The molecule has 0 aliphatic heterocycles. The molecule has 0 unspecified atom stereocenters. The van der Waals surface area contributed by atoms with Crippen LogP contribution in [0.1, 0.15) is 0 Å². The second kappa shape index (κ2) is 19.0. The molecule has 1 N–H and O–H groups in total. The molecule has 0 atom stereocenters. The molecule has 16 heavy (non-hydrogen) atoms. The molecule has 2 aromatic rings. The van der Waals surface area contributed by atoms with E-state index in [2.05, 4.69) is 29.1 Å². The number of hydrogen-bond acceptors (Lipinski definition) is 2. The van der Waals surface area contributed by atoms with E-state index in [1.165, 1.54) is 0 Å². The van der Waals surface area contributed by atoms with Crippen molar-refractivity contribution in [1.29, 1.82) is 0 Å². The van der Waals surface area contributed by atoms with Crippen LogP contribution in [0.15, 0.2) is 78.7 Å². The first-order chi connectivity index (χ1) is 7.91. The zero-order valence-corrected chi connectivity index (χ0v) is 10.5. The molecule has 0 fully saturated rings. The molecule has 0 aliphatic rings. The maximum atomic E-state index is 4.58. The highest BCUT2D eigenvalue weighted by Gasteiger charge is 1.59. The van der Waals surface area contributed by atoms with E-state index in [9.17, 15) is 0 Å². The Morgan fingerprint density at radius 1 is 1.06 bits per heavy atom. The van der Waals surface area contributed by atoms with Gasteiger partial charge in [-0.3, -0.25) is 0 Å². The van der Waals surface area contributed by atoms with E-state index in [-0.39, 0.29) is 0 Å². The van der Waals surface area contributed by atoms with Crippen LogP contribution in [0.25, 0.3) is 0 Å². The van der Waals surface area contributed by atoms with Gasteiger partial charge in [0, 0.05) is 12.4 Å². The summed E-state index contributed by atoms with van der Waals surface area (Å²) in [6, 6.07) is 7.56. The Hall–Kier alpha value is -1.61. The van der Waals surface area contributed by atoms with E-state index in [1.54, 1.807) is 29.7 Å². The minimum absolute atomic E-state index is 1.62. The zero-order valence-electron chi connectivity index (χ0n) is 9.63. The summed E-state index contributed by atoms with van der Waals surface area (Å²) in [7, 11) is 0. The summed E-state index contributed by atoms with van der Waals surface area (Å²) < 4.78 is 4.58. The molecule has 2 heterocycles. The fourth-order valence-electron chi connectivity index (χ4n) is 0.505. The summed E-state index contributed by atoms with van der Waals surface area (Å²) in [5, 5.41) is 1.79. The van der Waals surface area contributed by atoms with Crippen LogP contribution in [0, 0.1) is 0 Å². The van der Waals surface area contributed by atoms with Crippen molar-refractivity contribution < 1.29 is 4.42 Å². The minimum Gasteiger partial charge on any atom is -0.473 e. The van der Waals surface area contributed by atoms with Crippen molar-refractivity contribution in [3.63, 3.8) is 0 Å². The molecular weight excluding hydrogens is 218 g/mol. The average Bonchev–Trinajstić information content (AvgIpc) is 3.07. The van der Waals surface area contributed by atoms with Gasteiger partial charge in [0.25, 0.3) is 0 Å². The van der Waals surface area contributed by atoms with Crippen molar-refractivity contribution in [1.82, 2.24) is 4.98 Å². The summed E-state index contributed by atoms with van der Waals surface area (Å²) in [5.41, 5.74) is 0. The second-order valence-corrected chi connectivity index (χ2v) is 2.89. The first-order valence-corrected chi connectivity index (χ1v) is 5.89. The van der Waals surface area contributed by atoms with Gasteiger partial charge in [-0.1, -0.05) is 6.58 Å². The number of H-pyrrole nitrogens is 1. The Bertz CT molecular complexity index is 216. The van der Waals surface area contributed by atoms with Crippen molar-refractivity contribution >= 4 is 11.8 Å². The van der Waals surface area contributed by atoms with Gasteiger partial charge in [-0.25, -0.2) is 0 Å². The van der Waals surface area contributed by atoms with Crippen LogP contribution in [0.3, 0.4) is 0 Å². The largest absolute Gasteiger partial charge is 0.473 e. The smallest absolute Gasteiger partial charge is 0.0902 e. The van der Waals surface area contributed by atoms with Gasteiger partial charge in [-0.2, -0.15) is 0 Å². The van der Waals surface area contributed by atoms with E-state index in [1.807, 2.05) is 42.9 Å². The average molecular weight is 237 g/mol. The highest BCUT2D eigenvalue weighted by atomic mass is 32.2. The maximum absolute atomic E-state index is 4.58. The van der Waals surface area contributed by atoms with Gasteiger partial charge in [0.15, 0.2) is 0 Å². The fraction of sp³-hybridized carbons (Fsp3) is 0.0769. The molecule has 2 rings (SSSR count). The van der Waals surface area contributed by atoms with E-state index < -0.39 is 0 Å².